The predicted molar refractivity (Wildman–Crippen MR) is 79.2 cm³/mol. The van der Waals surface area contributed by atoms with E-state index in [2.05, 4.69) is 10.3 Å². The predicted octanol–water partition coefficient (Wildman–Crippen LogP) is 2.17. The van der Waals surface area contributed by atoms with Gasteiger partial charge in [-0.15, -0.1) is 0 Å². The van der Waals surface area contributed by atoms with Crippen LogP contribution in [0, 0.1) is 0 Å². The summed E-state index contributed by atoms with van der Waals surface area (Å²) in [4.78, 5) is 16.2. The SMILES string of the molecule is COc1ccccc1OC(C)C(=O)NCc1ccccn1. The summed E-state index contributed by atoms with van der Waals surface area (Å²) < 4.78 is 10.8. The van der Waals surface area contributed by atoms with Gasteiger partial charge in [-0.3, -0.25) is 9.78 Å². The third-order valence-electron chi connectivity index (χ3n) is 2.91. The zero-order chi connectivity index (χ0) is 15.1. The maximum Gasteiger partial charge on any atom is 0.261 e. The van der Waals surface area contributed by atoms with Crippen LogP contribution < -0.4 is 14.8 Å². The van der Waals surface area contributed by atoms with Gasteiger partial charge in [0.25, 0.3) is 5.91 Å². The van der Waals surface area contributed by atoms with Gasteiger partial charge < -0.3 is 14.8 Å². The van der Waals surface area contributed by atoms with Crippen LogP contribution in [0.2, 0.25) is 0 Å². The van der Waals surface area contributed by atoms with Gasteiger partial charge in [-0.2, -0.15) is 0 Å². The number of amides is 1. The van der Waals surface area contributed by atoms with Crippen molar-refractivity contribution in [2.45, 2.75) is 19.6 Å². The van der Waals surface area contributed by atoms with Gasteiger partial charge >= 0.3 is 0 Å². The molecule has 1 heterocycles. The summed E-state index contributed by atoms with van der Waals surface area (Å²) in [5, 5.41) is 2.79. The average molecular weight is 286 g/mol. The monoisotopic (exact) mass is 286 g/mol. The number of nitrogens with one attached hydrogen (secondary N) is 1. The molecule has 1 amide bonds. The topological polar surface area (TPSA) is 60.5 Å². The van der Waals surface area contributed by atoms with Crippen LogP contribution in [-0.4, -0.2) is 24.1 Å². The zero-order valence-corrected chi connectivity index (χ0v) is 12.1. The van der Waals surface area contributed by atoms with Crippen molar-refractivity contribution in [2.75, 3.05) is 7.11 Å². The first kappa shape index (κ1) is 14.8. The van der Waals surface area contributed by atoms with Crippen molar-refractivity contribution in [3.63, 3.8) is 0 Å². The first-order chi connectivity index (χ1) is 10.2. The van der Waals surface area contributed by atoms with E-state index in [0.29, 0.717) is 18.0 Å². The number of pyridine rings is 1. The van der Waals surface area contributed by atoms with E-state index in [4.69, 9.17) is 9.47 Å². The standard InChI is InChI=1S/C16H18N2O3/c1-12(21-15-9-4-3-8-14(15)20-2)16(19)18-11-13-7-5-6-10-17-13/h3-10,12H,11H2,1-2H3,(H,18,19). The highest BCUT2D eigenvalue weighted by atomic mass is 16.5. The molecule has 0 aliphatic heterocycles. The quantitative estimate of drug-likeness (QED) is 0.884. The molecule has 0 spiro atoms. The maximum absolute atomic E-state index is 12.0. The molecule has 1 N–H and O–H groups in total. The van der Waals surface area contributed by atoms with Gasteiger partial charge in [0, 0.05) is 6.20 Å². The van der Waals surface area contributed by atoms with Crippen LogP contribution in [0.1, 0.15) is 12.6 Å². The van der Waals surface area contributed by atoms with Crippen molar-refractivity contribution >= 4 is 5.91 Å². The number of rotatable bonds is 6. The molecule has 0 aliphatic carbocycles. The Balaban J connectivity index is 1.90. The largest absolute Gasteiger partial charge is 0.493 e. The molecule has 5 heteroatoms. The third-order valence-corrected chi connectivity index (χ3v) is 2.91. The van der Waals surface area contributed by atoms with Gasteiger partial charge in [-0.25, -0.2) is 0 Å². The first-order valence-corrected chi connectivity index (χ1v) is 6.68. The molecule has 1 unspecified atom stereocenters. The number of para-hydroxylation sites is 2. The molecule has 0 fully saturated rings. The number of methoxy groups -OCH3 is 1. The number of nitrogens with zero attached hydrogens (tertiary/aromatic N) is 1. The summed E-state index contributed by atoms with van der Waals surface area (Å²) >= 11 is 0. The van der Waals surface area contributed by atoms with Gasteiger partial charge in [0.2, 0.25) is 0 Å². The van der Waals surface area contributed by atoms with Crippen LogP contribution in [0.3, 0.4) is 0 Å². The molecule has 0 saturated carbocycles. The van der Waals surface area contributed by atoms with Crippen LogP contribution in [0.5, 0.6) is 11.5 Å². The number of aromatic nitrogens is 1. The molecular weight excluding hydrogens is 268 g/mol. The Morgan fingerprint density at radius 1 is 1.19 bits per heavy atom. The lowest BCUT2D eigenvalue weighted by Gasteiger charge is -2.16. The molecule has 0 radical (unpaired) electrons. The van der Waals surface area contributed by atoms with Gasteiger partial charge in [0.1, 0.15) is 0 Å². The maximum atomic E-state index is 12.0. The number of hydrogen-bond donors (Lipinski definition) is 1. The van der Waals surface area contributed by atoms with E-state index in [1.165, 1.54) is 0 Å². The second-order valence-corrected chi connectivity index (χ2v) is 4.45. The minimum Gasteiger partial charge on any atom is -0.493 e. The number of hydrogen-bond acceptors (Lipinski definition) is 4. The minimum absolute atomic E-state index is 0.202. The molecule has 1 aromatic heterocycles. The Labute approximate surface area is 123 Å². The van der Waals surface area contributed by atoms with Crippen molar-refractivity contribution in [2.24, 2.45) is 0 Å². The van der Waals surface area contributed by atoms with Crippen molar-refractivity contribution in [1.82, 2.24) is 10.3 Å². The van der Waals surface area contributed by atoms with Gasteiger partial charge in [-0.05, 0) is 31.2 Å². The van der Waals surface area contributed by atoms with Crippen LogP contribution in [0.15, 0.2) is 48.7 Å². The lowest BCUT2D eigenvalue weighted by atomic mass is 10.3. The summed E-state index contributed by atoms with van der Waals surface area (Å²) in [5.74, 6) is 0.939. The molecule has 1 atom stereocenters. The van der Waals surface area contributed by atoms with Gasteiger partial charge in [0.15, 0.2) is 17.6 Å². The van der Waals surface area contributed by atoms with Crippen LogP contribution >= 0.6 is 0 Å². The van der Waals surface area contributed by atoms with Crippen molar-refractivity contribution in [1.29, 1.82) is 0 Å². The molecule has 1 aromatic carbocycles. The highest BCUT2D eigenvalue weighted by molar-refractivity contribution is 5.80. The minimum atomic E-state index is -0.620. The molecule has 2 aromatic rings. The van der Waals surface area contributed by atoms with E-state index in [0.717, 1.165) is 5.69 Å². The van der Waals surface area contributed by atoms with Gasteiger partial charge in [-0.1, -0.05) is 18.2 Å². The Morgan fingerprint density at radius 3 is 2.57 bits per heavy atom. The van der Waals surface area contributed by atoms with Crippen molar-refractivity contribution in [3.05, 3.63) is 54.4 Å². The third kappa shape index (κ3) is 4.21. The smallest absolute Gasteiger partial charge is 0.261 e. The summed E-state index contributed by atoms with van der Waals surface area (Å²) in [6.45, 7) is 2.07. The second-order valence-electron chi connectivity index (χ2n) is 4.45. The molecule has 5 nitrogen and oxygen atoms in total. The molecule has 21 heavy (non-hydrogen) atoms. The molecule has 0 bridgehead atoms. The van der Waals surface area contributed by atoms with E-state index in [1.54, 1.807) is 32.4 Å². The van der Waals surface area contributed by atoms with Crippen LogP contribution in [-0.2, 0) is 11.3 Å². The molecule has 2 rings (SSSR count). The van der Waals surface area contributed by atoms with Crippen molar-refractivity contribution < 1.29 is 14.3 Å². The fourth-order valence-electron chi connectivity index (χ4n) is 1.78. The van der Waals surface area contributed by atoms with Gasteiger partial charge in [0.05, 0.1) is 19.3 Å². The first-order valence-electron chi connectivity index (χ1n) is 6.68. The Bertz CT molecular complexity index is 587. The van der Waals surface area contributed by atoms with E-state index in [9.17, 15) is 4.79 Å². The number of ether oxygens (including phenoxy) is 2. The molecule has 110 valence electrons. The van der Waals surface area contributed by atoms with E-state index < -0.39 is 6.10 Å². The highest BCUT2D eigenvalue weighted by Gasteiger charge is 2.16. The summed E-state index contributed by atoms with van der Waals surface area (Å²) in [5.41, 5.74) is 0.801. The molecule has 0 aliphatic rings. The van der Waals surface area contributed by atoms with Crippen LogP contribution in [0.4, 0.5) is 0 Å². The second kappa shape index (κ2) is 7.28. The fourth-order valence-corrected chi connectivity index (χ4v) is 1.78. The zero-order valence-electron chi connectivity index (χ0n) is 12.1. The lowest BCUT2D eigenvalue weighted by Crippen LogP contribution is -2.36. The number of carbonyl (C=O) groups excluding carboxylic acids is 1. The fraction of sp³-hybridized carbons (Fsp3) is 0.250. The number of benzene rings is 1. The Kier molecular flexibility index (Phi) is 5.15. The summed E-state index contributed by atoms with van der Waals surface area (Å²) in [6.07, 6.45) is 1.07. The Hall–Kier alpha value is -2.56. The number of carbonyl (C=O) groups is 1. The molecule has 0 saturated heterocycles. The lowest BCUT2D eigenvalue weighted by molar-refractivity contribution is -0.127. The van der Waals surface area contributed by atoms with E-state index in [-0.39, 0.29) is 5.91 Å². The van der Waals surface area contributed by atoms with Crippen LogP contribution in [0.25, 0.3) is 0 Å². The Morgan fingerprint density at radius 2 is 1.90 bits per heavy atom. The summed E-state index contributed by atoms with van der Waals surface area (Å²) in [6, 6.07) is 12.8. The summed E-state index contributed by atoms with van der Waals surface area (Å²) in [7, 11) is 1.56. The molecular formula is C16H18N2O3. The highest BCUT2D eigenvalue weighted by Crippen LogP contribution is 2.26. The van der Waals surface area contributed by atoms with E-state index >= 15 is 0 Å². The average Bonchev–Trinajstić information content (AvgIpc) is 2.54. The van der Waals surface area contributed by atoms with Crippen molar-refractivity contribution in [3.8, 4) is 11.5 Å². The normalized spacial score (nSPS) is 11.5. The van der Waals surface area contributed by atoms with E-state index in [1.807, 2.05) is 30.3 Å².